The molecule has 0 aliphatic heterocycles. The van der Waals surface area contributed by atoms with Gasteiger partial charge in [0.1, 0.15) is 0 Å². The van der Waals surface area contributed by atoms with Crippen LogP contribution in [0.1, 0.15) is 25.0 Å². The summed E-state index contributed by atoms with van der Waals surface area (Å²) in [7, 11) is 4.11. The number of rotatable bonds is 7. The van der Waals surface area contributed by atoms with Crippen LogP contribution in [0.25, 0.3) is 0 Å². The van der Waals surface area contributed by atoms with Gasteiger partial charge in [-0.2, -0.15) is 5.10 Å². The molecule has 0 aromatic carbocycles. The number of alkyl halides is 1. The second-order valence-corrected chi connectivity index (χ2v) is 4.76. The number of aromatic nitrogens is 2. The second kappa shape index (κ2) is 7.01. The first kappa shape index (κ1) is 12.7. The number of aryl methyl sites for hydroxylation is 1. The molecule has 15 heavy (non-hydrogen) atoms. The fraction of sp³-hybridized carbons (Fsp3) is 0.727. The lowest BCUT2D eigenvalue weighted by Gasteiger charge is -2.14. The van der Waals surface area contributed by atoms with Crippen LogP contribution in [0.5, 0.6) is 0 Å². The highest BCUT2D eigenvalue weighted by Crippen LogP contribution is 2.03. The summed E-state index contributed by atoms with van der Waals surface area (Å²) in [5, 5.41) is 5.48. The van der Waals surface area contributed by atoms with Crippen molar-refractivity contribution in [3.8, 4) is 0 Å². The van der Waals surface area contributed by atoms with E-state index in [-0.39, 0.29) is 0 Å². The number of hydrogen-bond acceptors (Lipinski definition) is 2. The fourth-order valence-corrected chi connectivity index (χ4v) is 1.95. The summed E-state index contributed by atoms with van der Waals surface area (Å²) < 4.78 is 1.86. The quantitative estimate of drug-likeness (QED) is 0.562. The second-order valence-electron chi connectivity index (χ2n) is 3.97. The van der Waals surface area contributed by atoms with Crippen molar-refractivity contribution in [2.24, 2.45) is 7.05 Å². The standard InChI is InChI=1S/C11H20BrN3/c1-14(8-5-3-4-7-12)10-11-6-9-15(2)13-11/h6,9H,3-5,7-8,10H2,1-2H3. The molecule has 1 aromatic rings. The summed E-state index contributed by atoms with van der Waals surface area (Å²) in [6.45, 7) is 2.11. The molecule has 0 fully saturated rings. The third-order valence-electron chi connectivity index (χ3n) is 2.37. The minimum atomic E-state index is 0.954. The van der Waals surface area contributed by atoms with Gasteiger partial charge >= 0.3 is 0 Å². The highest BCUT2D eigenvalue weighted by Gasteiger charge is 2.02. The Morgan fingerprint density at radius 1 is 1.40 bits per heavy atom. The smallest absolute Gasteiger partial charge is 0.0764 e. The molecule has 4 heteroatoms. The van der Waals surface area contributed by atoms with Crippen molar-refractivity contribution in [3.63, 3.8) is 0 Å². The van der Waals surface area contributed by atoms with E-state index in [1.807, 2.05) is 17.9 Å². The third kappa shape index (κ3) is 5.33. The van der Waals surface area contributed by atoms with Gasteiger partial charge in [0.15, 0.2) is 0 Å². The van der Waals surface area contributed by atoms with Gasteiger partial charge in [-0.15, -0.1) is 0 Å². The van der Waals surface area contributed by atoms with Crippen molar-refractivity contribution in [2.75, 3.05) is 18.9 Å². The minimum Gasteiger partial charge on any atom is -0.300 e. The summed E-state index contributed by atoms with van der Waals surface area (Å²) >= 11 is 3.45. The van der Waals surface area contributed by atoms with Gasteiger partial charge in [0, 0.05) is 25.1 Å². The molecule has 1 rings (SSSR count). The van der Waals surface area contributed by atoms with Crippen molar-refractivity contribution in [1.29, 1.82) is 0 Å². The summed E-state index contributed by atoms with van der Waals surface area (Å²) in [6, 6.07) is 2.08. The van der Waals surface area contributed by atoms with Crippen LogP contribution in [-0.4, -0.2) is 33.6 Å². The van der Waals surface area contributed by atoms with Crippen LogP contribution in [0.15, 0.2) is 12.3 Å². The number of nitrogens with zero attached hydrogens (tertiary/aromatic N) is 3. The first-order chi connectivity index (χ1) is 7.22. The summed E-state index contributed by atoms with van der Waals surface area (Å²) in [4.78, 5) is 2.33. The molecule has 0 radical (unpaired) electrons. The van der Waals surface area contributed by atoms with Gasteiger partial charge < -0.3 is 4.90 Å². The van der Waals surface area contributed by atoms with Crippen molar-refractivity contribution in [1.82, 2.24) is 14.7 Å². The zero-order valence-electron chi connectivity index (χ0n) is 9.62. The van der Waals surface area contributed by atoms with Crippen LogP contribution in [-0.2, 0) is 13.6 Å². The lowest BCUT2D eigenvalue weighted by atomic mass is 10.2. The van der Waals surface area contributed by atoms with Gasteiger partial charge in [0.2, 0.25) is 0 Å². The Morgan fingerprint density at radius 3 is 2.80 bits per heavy atom. The van der Waals surface area contributed by atoms with E-state index < -0.39 is 0 Å². The topological polar surface area (TPSA) is 21.1 Å². The number of hydrogen-bond donors (Lipinski definition) is 0. The molecule has 0 N–H and O–H groups in total. The van der Waals surface area contributed by atoms with Crippen molar-refractivity contribution in [2.45, 2.75) is 25.8 Å². The van der Waals surface area contributed by atoms with E-state index in [4.69, 9.17) is 0 Å². The fourth-order valence-electron chi connectivity index (χ4n) is 1.56. The highest BCUT2D eigenvalue weighted by atomic mass is 79.9. The highest BCUT2D eigenvalue weighted by molar-refractivity contribution is 9.09. The maximum atomic E-state index is 4.36. The van der Waals surface area contributed by atoms with Crippen molar-refractivity contribution < 1.29 is 0 Å². The molecule has 86 valence electrons. The largest absolute Gasteiger partial charge is 0.300 e. The van der Waals surface area contributed by atoms with Crippen LogP contribution in [0, 0.1) is 0 Å². The van der Waals surface area contributed by atoms with E-state index in [1.54, 1.807) is 0 Å². The van der Waals surface area contributed by atoms with Crippen LogP contribution < -0.4 is 0 Å². The molecule has 0 unspecified atom stereocenters. The van der Waals surface area contributed by atoms with E-state index in [0.717, 1.165) is 24.1 Å². The maximum Gasteiger partial charge on any atom is 0.0764 e. The van der Waals surface area contributed by atoms with Gasteiger partial charge in [-0.3, -0.25) is 4.68 Å². The average molecular weight is 274 g/mol. The van der Waals surface area contributed by atoms with Crippen LogP contribution >= 0.6 is 15.9 Å². The molecule has 0 aliphatic carbocycles. The Hall–Kier alpha value is -0.350. The van der Waals surface area contributed by atoms with E-state index in [2.05, 4.69) is 39.0 Å². The third-order valence-corrected chi connectivity index (χ3v) is 2.93. The van der Waals surface area contributed by atoms with Gasteiger partial charge in [-0.05, 0) is 32.5 Å². The van der Waals surface area contributed by atoms with Crippen LogP contribution in [0.4, 0.5) is 0 Å². The lowest BCUT2D eigenvalue weighted by molar-refractivity contribution is 0.313. The predicted octanol–water partition coefficient (Wildman–Crippen LogP) is 2.42. The Bertz CT molecular complexity index is 273. The van der Waals surface area contributed by atoms with Gasteiger partial charge in [-0.1, -0.05) is 22.4 Å². The monoisotopic (exact) mass is 273 g/mol. The zero-order valence-corrected chi connectivity index (χ0v) is 11.2. The van der Waals surface area contributed by atoms with Crippen molar-refractivity contribution in [3.05, 3.63) is 18.0 Å². The molecule has 0 atom stereocenters. The Morgan fingerprint density at radius 2 is 2.20 bits per heavy atom. The summed E-state index contributed by atoms with van der Waals surface area (Å²) in [6.07, 6.45) is 5.85. The van der Waals surface area contributed by atoms with Gasteiger partial charge in [0.25, 0.3) is 0 Å². The van der Waals surface area contributed by atoms with Crippen LogP contribution in [0.3, 0.4) is 0 Å². The molecule has 3 nitrogen and oxygen atoms in total. The maximum absolute atomic E-state index is 4.36. The van der Waals surface area contributed by atoms with E-state index in [9.17, 15) is 0 Å². The Labute approximate surface area is 101 Å². The predicted molar refractivity (Wildman–Crippen MR) is 67.2 cm³/mol. The average Bonchev–Trinajstić information content (AvgIpc) is 2.59. The van der Waals surface area contributed by atoms with E-state index in [0.29, 0.717) is 0 Å². The molecule has 0 bridgehead atoms. The van der Waals surface area contributed by atoms with Crippen LogP contribution in [0.2, 0.25) is 0 Å². The molecule has 0 saturated heterocycles. The zero-order chi connectivity index (χ0) is 11.1. The molecule has 1 aromatic heterocycles. The molecule has 0 saturated carbocycles. The molecule has 0 spiro atoms. The molecule has 0 aliphatic rings. The Kier molecular flexibility index (Phi) is 5.95. The number of halogens is 1. The molecule has 0 amide bonds. The lowest BCUT2D eigenvalue weighted by Crippen LogP contribution is -2.19. The first-order valence-electron chi connectivity index (χ1n) is 5.45. The Balaban J connectivity index is 2.15. The molecular weight excluding hydrogens is 254 g/mol. The summed E-state index contributed by atoms with van der Waals surface area (Å²) in [5.74, 6) is 0. The van der Waals surface area contributed by atoms with Gasteiger partial charge in [-0.25, -0.2) is 0 Å². The summed E-state index contributed by atoms with van der Waals surface area (Å²) in [5.41, 5.74) is 1.15. The SMILES string of the molecule is CN(CCCCCBr)Cc1ccn(C)n1. The molecular formula is C11H20BrN3. The van der Waals surface area contributed by atoms with Gasteiger partial charge in [0.05, 0.1) is 5.69 Å². The minimum absolute atomic E-state index is 0.954. The van der Waals surface area contributed by atoms with E-state index >= 15 is 0 Å². The van der Waals surface area contributed by atoms with Crippen molar-refractivity contribution >= 4 is 15.9 Å². The first-order valence-corrected chi connectivity index (χ1v) is 6.57. The number of unbranched alkanes of at least 4 members (excludes halogenated alkanes) is 2. The molecule has 1 heterocycles. The van der Waals surface area contributed by atoms with E-state index in [1.165, 1.54) is 19.3 Å². The normalized spacial score (nSPS) is 11.2.